The van der Waals surface area contributed by atoms with E-state index in [2.05, 4.69) is 53.5 Å². The number of nitrogens with one attached hydrogen (secondary N) is 2. The van der Waals surface area contributed by atoms with Gasteiger partial charge in [0.25, 0.3) is 0 Å². The van der Waals surface area contributed by atoms with Crippen LogP contribution in [0.25, 0.3) is 11.2 Å². The van der Waals surface area contributed by atoms with Gasteiger partial charge in [-0.05, 0) is 24.6 Å². The third kappa shape index (κ3) is 4.77. The minimum atomic E-state index is -0.256. The summed E-state index contributed by atoms with van der Waals surface area (Å²) in [6, 6.07) is 6.36. The maximum Gasteiger partial charge on any atom is 0.184 e. The van der Waals surface area contributed by atoms with Gasteiger partial charge >= 0.3 is 0 Å². The van der Waals surface area contributed by atoms with Gasteiger partial charge in [0.15, 0.2) is 17.0 Å². The minimum absolute atomic E-state index is 0.105. The Bertz CT molecular complexity index is 916. The Hall–Kier alpha value is -2.61. The van der Waals surface area contributed by atoms with E-state index in [1.165, 1.54) is 17.0 Å². The average Bonchev–Trinajstić information content (AvgIpc) is 2.96. The van der Waals surface area contributed by atoms with Gasteiger partial charge in [-0.25, -0.2) is 19.0 Å². The van der Waals surface area contributed by atoms with Crippen molar-refractivity contribution in [2.45, 2.75) is 27.3 Å². The summed E-state index contributed by atoms with van der Waals surface area (Å²) in [6.45, 7) is 8.59. The van der Waals surface area contributed by atoms with Crippen molar-refractivity contribution in [1.82, 2.24) is 25.0 Å². The molecule has 3 rings (SSSR count). The largest absolute Gasteiger partial charge is 0.367 e. The third-order valence-electron chi connectivity index (χ3n) is 4.29. The van der Waals surface area contributed by atoms with E-state index in [4.69, 9.17) is 0 Å². The number of rotatable bonds is 7. The quantitative estimate of drug-likeness (QED) is 0.654. The normalized spacial score (nSPS) is 12.1. The van der Waals surface area contributed by atoms with E-state index < -0.39 is 0 Å². The summed E-state index contributed by atoms with van der Waals surface area (Å²) in [5.74, 6) is 1.10. The molecule has 0 spiro atoms. The van der Waals surface area contributed by atoms with Gasteiger partial charge in [0, 0.05) is 12.0 Å². The van der Waals surface area contributed by atoms with Crippen molar-refractivity contribution in [3.05, 3.63) is 41.5 Å². The van der Waals surface area contributed by atoms with Gasteiger partial charge in [0.05, 0.1) is 27.2 Å². The van der Waals surface area contributed by atoms with Crippen LogP contribution in [0.4, 0.5) is 10.2 Å². The van der Waals surface area contributed by atoms with Gasteiger partial charge in [-0.2, -0.15) is 0 Å². The number of aromatic nitrogens is 5. The number of quaternary nitrogens is 1. The highest BCUT2D eigenvalue weighted by Crippen LogP contribution is 2.21. The van der Waals surface area contributed by atoms with Crippen molar-refractivity contribution >= 4 is 17.0 Å². The lowest BCUT2D eigenvalue weighted by molar-refractivity contribution is -0.865. The molecule has 2 heterocycles. The molecule has 0 radical (unpaired) electrons. The number of halogens is 1. The van der Waals surface area contributed by atoms with E-state index in [0.717, 1.165) is 18.7 Å². The fourth-order valence-electron chi connectivity index (χ4n) is 3.30. The first kappa shape index (κ1) is 19.2. The Morgan fingerprint density at radius 3 is 2.52 bits per heavy atom. The highest BCUT2D eigenvalue weighted by atomic mass is 19.1. The molecule has 144 valence electrons. The topological polar surface area (TPSA) is 73.0 Å². The second-order valence-corrected chi connectivity index (χ2v) is 8.07. The van der Waals surface area contributed by atoms with Crippen LogP contribution < -0.4 is 10.2 Å². The van der Waals surface area contributed by atoms with E-state index in [0.29, 0.717) is 29.4 Å². The predicted molar refractivity (Wildman–Crippen MR) is 103 cm³/mol. The maximum absolute atomic E-state index is 13.1. The Kier molecular flexibility index (Phi) is 5.36. The lowest BCUT2D eigenvalue weighted by Gasteiger charge is -2.26. The first-order valence-electron chi connectivity index (χ1n) is 9.09. The summed E-state index contributed by atoms with van der Waals surface area (Å²) >= 11 is 0. The standard InChI is InChI=1S/C19H26FN7/c1-13-22-17(21-11-19(2,3)12-26(4)5)16-18(23-13)27(25-24-16)10-14-6-8-15(20)9-7-14/h6-9H,10-12H2,1-5H3,(H,21,22,23)/p+1. The molecule has 0 saturated carbocycles. The molecule has 0 unspecified atom stereocenters. The minimum Gasteiger partial charge on any atom is -0.367 e. The maximum atomic E-state index is 13.1. The monoisotopic (exact) mass is 372 g/mol. The molecule has 2 aromatic heterocycles. The highest BCUT2D eigenvalue weighted by molar-refractivity contribution is 5.82. The molecule has 8 heteroatoms. The van der Waals surface area contributed by atoms with Crippen LogP contribution in [0, 0.1) is 18.2 Å². The second kappa shape index (κ2) is 7.56. The summed E-state index contributed by atoms with van der Waals surface area (Å²) < 4.78 is 14.8. The van der Waals surface area contributed by atoms with E-state index >= 15 is 0 Å². The number of hydrogen-bond acceptors (Lipinski definition) is 5. The van der Waals surface area contributed by atoms with Crippen molar-refractivity contribution in [2.24, 2.45) is 5.41 Å². The molecular formula is C19H27FN7+. The molecule has 0 atom stereocenters. The summed E-state index contributed by atoms with van der Waals surface area (Å²) in [4.78, 5) is 10.4. The van der Waals surface area contributed by atoms with Gasteiger partial charge in [0.1, 0.15) is 11.6 Å². The van der Waals surface area contributed by atoms with Crippen LogP contribution in [0.15, 0.2) is 24.3 Å². The summed E-state index contributed by atoms with van der Waals surface area (Å²) in [5.41, 5.74) is 2.36. The molecule has 27 heavy (non-hydrogen) atoms. The van der Waals surface area contributed by atoms with Crippen molar-refractivity contribution in [3.63, 3.8) is 0 Å². The molecule has 0 aliphatic heterocycles. The number of nitrogens with zero attached hydrogens (tertiary/aromatic N) is 5. The van der Waals surface area contributed by atoms with Gasteiger partial charge in [-0.3, -0.25) is 0 Å². The zero-order valence-corrected chi connectivity index (χ0v) is 16.5. The van der Waals surface area contributed by atoms with E-state index in [-0.39, 0.29) is 11.2 Å². The molecule has 2 N–H and O–H groups in total. The predicted octanol–water partition coefficient (Wildman–Crippen LogP) is 1.30. The number of benzene rings is 1. The van der Waals surface area contributed by atoms with Crippen molar-refractivity contribution in [3.8, 4) is 0 Å². The molecule has 0 aliphatic carbocycles. The van der Waals surface area contributed by atoms with Crippen LogP contribution in [0.5, 0.6) is 0 Å². The van der Waals surface area contributed by atoms with Gasteiger partial charge in [-0.1, -0.05) is 31.2 Å². The molecule has 0 bridgehead atoms. The lowest BCUT2D eigenvalue weighted by atomic mass is 9.93. The summed E-state index contributed by atoms with van der Waals surface area (Å²) in [5, 5.41) is 11.9. The fraction of sp³-hybridized carbons (Fsp3) is 0.474. The van der Waals surface area contributed by atoms with Crippen LogP contribution in [0.1, 0.15) is 25.2 Å². The van der Waals surface area contributed by atoms with Crippen LogP contribution in [-0.4, -0.2) is 52.1 Å². The van der Waals surface area contributed by atoms with Gasteiger partial charge in [0.2, 0.25) is 0 Å². The van der Waals surface area contributed by atoms with Crippen molar-refractivity contribution < 1.29 is 9.29 Å². The SMILES string of the molecule is Cc1nc(NCC(C)(C)C[NH+](C)C)c2nnn(Cc3ccc(F)cc3)c2n1. The first-order chi connectivity index (χ1) is 12.7. The van der Waals surface area contributed by atoms with Crippen molar-refractivity contribution in [1.29, 1.82) is 0 Å². The molecule has 0 aliphatic rings. The summed E-state index contributed by atoms with van der Waals surface area (Å²) in [7, 11) is 4.30. The molecular weight excluding hydrogens is 345 g/mol. The smallest absolute Gasteiger partial charge is 0.184 e. The zero-order valence-electron chi connectivity index (χ0n) is 16.5. The Morgan fingerprint density at radius 2 is 1.85 bits per heavy atom. The van der Waals surface area contributed by atoms with Crippen LogP contribution in [0.2, 0.25) is 0 Å². The highest BCUT2D eigenvalue weighted by Gasteiger charge is 2.23. The lowest BCUT2D eigenvalue weighted by Crippen LogP contribution is -3.07. The number of aryl methyl sites for hydroxylation is 1. The van der Waals surface area contributed by atoms with Gasteiger partial charge < -0.3 is 10.2 Å². The van der Waals surface area contributed by atoms with Crippen molar-refractivity contribution in [2.75, 3.05) is 32.5 Å². The molecule has 0 fully saturated rings. The molecule has 3 aromatic rings. The Labute approximate surface area is 158 Å². The van der Waals surface area contributed by atoms with Crippen LogP contribution >= 0.6 is 0 Å². The van der Waals surface area contributed by atoms with Crippen LogP contribution in [0.3, 0.4) is 0 Å². The molecule has 0 amide bonds. The zero-order chi connectivity index (χ0) is 19.6. The molecule has 7 nitrogen and oxygen atoms in total. The number of anilines is 1. The number of hydrogen-bond donors (Lipinski definition) is 2. The second-order valence-electron chi connectivity index (χ2n) is 8.07. The number of fused-ring (bicyclic) bond motifs is 1. The Morgan fingerprint density at radius 1 is 1.15 bits per heavy atom. The average molecular weight is 372 g/mol. The molecule has 1 aromatic carbocycles. The van der Waals surface area contributed by atoms with E-state index in [9.17, 15) is 4.39 Å². The third-order valence-corrected chi connectivity index (χ3v) is 4.29. The fourth-order valence-corrected chi connectivity index (χ4v) is 3.30. The van der Waals surface area contributed by atoms with Crippen LogP contribution in [-0.2, 0) is 6.54 Å². The molecule has 0 saturated heterocycles. The Balaban J connectivity index is 1.85. The van der Waals surface area contributed by atoms with E-state index in [1.54, 1.807) is 16.8 Å². The summed E-state index contributed by atoms with van der Waals surface area (Å²) in [6.07, 6.45) is 0. The van der Waals surface area contributed by atoms with E-state index in [1.807, 2.05) is 6.92 Å². The van der Waals surface area contributed by atoms with Gasteiger partial charge in [-0.15, -0.1) is 5.10 Å². The first-order valence-corrected chi connectivity index (χ1v) is 9.09.